The fraction of sp³-hybridized carbons (Fsp3) is 0.0256. The highest BCUT2D eigenvalue weighted by Crippen LogP contribution is 2.44. The van der Waals surface area contributed by atoms with Crippen molar-refractivity contribution in [2.45, 2.75) is 6.04 Å². The number of benzene rings is 7. The van der Waals surface area contributed by atoms with E-state index in [4.69, 9.17) is 0 Å². The van der Waals surface area contributed by atoms with Crippen LogP contribution in [0.5, 0.6) is 0 Å². The molecule has 0 saturated heterocycles. The van der Waals surface area contributed by atoms with Gasteiger partial charge in [-0.25, -0.2) is 0 Å². The Hall–Kier alpha value is -5.14. The maximum absolute atomic E-state index is 3.70. The second-order valence-electron chi connectivity index (χ2n) is 10.6. The predicted octanol–water partition coefficient (Wildman–Crippen LogP) is 10.2. The summed E-state index contributed by atoms with van der Waals surface area (Å²) in [7, 11) is 0. The van der Waals surface area contributed by atoms with Crippen LogP contribution in [0.3, 0.4) is 0 Å². The SMILES string of the molecule is C1=CC(c2ccc3ccccc3c2)NC=C1c1c2ccccc2c(-c2cccc3ccccc23)c2ccccc12. The first-order chi connectivity index (χ1) is 19.8. The van der Waals surface area contributed by atoms with Crippen molar-refractivity contribution in [1.29, 1.82) is 0 Å². The maximum atomic E-state index is 3.70. The largest absolute Gasteiger partial charge is 0.380 e. The minimum absolute atomic E-state index is 0.140. The average Bonchev–Trinajstić information content (AvgIpc) is 3.03. The van der Waals surface area contributed by atoms with Gasteiger partial charge in [-0.1, -0.05) is 140 Å². The van der Waals surface area contributed by atoms with Crippen LogP contribution < -0.4 is 5.32 Å². The second-order valence-corrected chi connectivity index (χ2v) is 10.6. The molecule has 1 atom stereocenters. The highest BCUT2D eigenvalue weighted by molar-refractivity contribution is 6.21. The summed E-state index contributed by atoms with van der Waals surface area (Å²) >= 11 is 0. The molecule has 7 aromatic rings. The van der Waals surface area contributed by atoms with E-state index in [9.17, 15) is 0 Å². The van der Waals surface area contributed by atoms with Crippen LogP contribution in [0.4, 0.5) is 0 Å². The first-order valence-corrected chi connectivity index (χ1v) is 13.9. The summed E-state index contributed by atoms with van der Waals surface area (Å²) in [4.78, 5) is 0. The van der Waals surface area contributed by atoms with Gasteiger partial charge in [0.2, 0.25) is 0 Å². The third kappa shape index (κ3) is 3.63. The van der Waals surface area contributed by atoms with Crippen LogP contribution in [0.1, 0.15) is 17.2 Å². The van der Waals surface area contributed by atoms with Gasteiger partial charge in [-0.2, -0.15) is 0 Å². The van der Waals surface area contributed by atoms with Gasteiger partial charge in [0, 0.05) is 6.20 Å². The van der Waals surface area contributed by atoms with Gasteiger partial charge in [-0.3, -0.25) is 0 Å². The summed E-state index contributed by atoms with van der Waals surface area (Å²) in [5, 5.41) is 13.9. The molecule has 1 nitrogen and oxygen atoms in total. The van der Waals surface area contributed by atoms with Gasteiger partial charge in [-0.15, -0.1) is 0 Å². The van der Waals surface area contributed by atoms with E-state index in [1.807, 2.05) is 0 Å². The zero-order valence-electron chi connectivity index (χ0n) is 22.0. The van der Waals surface area contributed by atoms with E-state index in [0.29, 0.717) is 0 Å². The van der Waals surface area contributed by atoms with Crippen molar-refractivity contribution < 1.29 is 0 Å². The molecule has 8 rings (SSSR count). The molecule has 0 bridgehead atoms. The molecule has 40 heavy (non-hydrogen) atoms. The number of nitrogens with one attached hydrogen (secondary N) is 1. The highest BCUT2D eigenvalue weighted by Gasteiger charge is 2.20. The van der Waals surface area contributed by atoms with Crippen LogP contribution in [-0.2, 0) is 0 Å². The van der Waals surface area contributed by atoms with E-state index < -0.39 is 0 Å². The summed E-state index contributed by atoms with van der Waals surface area (Å²) in [6, 6.07) is 48.5. The van der Waals surface area contributed by atoms with Crippen molar-refractivity contribution in [2.75, 3.05) is 0 Å². The third-order valence-electron chi connectivity index (χ3n) is 8.30. The van der Waals surface area contributed by atoms with E-state index in [-0.39, 0.29) is 6.04 Å². The Morgan fingerprint density at radius 2 is 1.02 bits per heavy atom. The summed E-state index contributed by atoms with van der Waals surface area (Å²) < 4.78 is 0. The molecule has 0 spiro atoms. The predicted molar refractivity (Wildman–Crippen MR) is 171 cm³/mol. The van der Waals surface area contributed by atoms with Gasteiger partial charge in [-0.05, 0) is 77.0 Å². The summed E-state index contributed by atoms with van der Waals surface area (Å²) in [6.45, 7) is 0. The lowest BCUT2D eigenvalue weighted by Gasteiger charge is -2.23. The Morgan fingerprint density at radius 1 is 0.450 bits per heavy atom. The van der Waals surface area contributed by atoms with E-state index in [1.165, 1.54) is 70.9 Å². The van der Waals surface area contributed by atoms with Crippen LogP contribution in [0.15, 0.2) is 152 Å². The lowest BCUT2D eigenvalue weighted by molar-refractivity contribution is 0.750. The molecule has 1 N–H and O–H groups in total. The van der Waals surface area contributed by atoms with E-state index >= 15 is 0 Å². The van der Waals surface area contributed by atoms with Gasteiger partial charge >= 0.3 is 0 Å². The molecule has 1 heteroatoms. The van der Waals surface area contributed by atoms with Gasteiger partial charge < -0.3 is 5.32 Å². The Balaban J connectivity index is 1.30. The molecule has 0 amide bonds. The van der Waals surface area contributed by atoms with E-state index in [2.05, 4.69) is 157 Å². The fourth-order valence-corrected chi connectivity index (χ4v) is 6.42. The molecule has 1 aliphatic heterocycles. The third-order valence-corrected chi connectivity index (χ3v) is 8.30. The molecule has 188 valence electrons. The van der Waals surface area contributed by atoms with Gasteiger partial charge in [0.1, 0.15) is 0 Å². The first-order valence-electron chi connectivity index (χ1n) is 13.9. The Labute approximate surface area is 233 Å². The van der Waals surface area contributed by atoms with Gasteiger partial charge in [0.05, 0.1) is 6.04 Å². The number of rotatable bonds is 3. The van der Waals surface area contributed by atoms with Crippen LogP contribution in [0.25, 0.3) is 59.8 Å². The summed E-state index contributed by atoms with van der Waals surface area (Å²) in [5.41, 5.74) is 6.32. The molecule has 0 aliphatic carbocycles. The zero-order valence-corrected chi connectivity index (χ0v) is 22.0. The molecule has 0 fully saturated rings. The molecule has 1 aliphatic rings. The Morgan fingerprint density at radius 3 is 1.70 bits per heavy atom. The smallest absolute Gasteiger partial charge is 0.0696 e. The van der Waals surface area contributed by atoms with Crippen molar-refractivity contribution in [3.63, 3.8) is 0 Å². The molecular formula is C39H27N. The first kappa shape index (κ1) is 22.8. The van der Waals surface area contributed by atoms with Crippen LogP contribution in [0.2, 0.25) is 0 Å². The normalized spacial score (nSPS) is 15.0. The summed E-state index contributed by atoms with van der Waals surface area (Å²) in [6.07, 6.45) is 6.79. The quantitative estimate of drug-likeness (QED) is 0.234. The molecular weight excluding hydrogens is 482 g/mol. The minimum atomic E-state index is 0.140. The van der Waals surface area contributed by atoms with Gasteiger partial charge in [0.15, 0.2) is 0 Å². The minimum Gasteiger partial charge on any atom is -0.380 e. The maximum Gasteiger partial charge on any atom is 0.0696 e. The second kappa shape index (κ2) is 9.25. The van der Waals surface area contributed by atoms with E-state index in [1.54, 1.807) is 0 Å². The molecule has 1 unspecified atom stereocenters. The lowest BCUT2D eigenvalue weighted by atomic mass is 9.84. The highest BCUT2D eigenvalue weighted by atomic mass is 14.9. The van der Waals surface area contributed by atoms with E-state index in [0.717, 1.165) is 0 Å². The molecule has 0 aromatic heterocycles. The number of allylic oxidation sites excluding steroid dienone is 2. The number of fused-ring (bicyclic) bond motifs is 4. The number of hydrogen-bond acceptors (Lipinski definition) is 1. The molecule has 1 heterocycles. The fourth-order valence-electron chi connectivity index (χ4n) is 6.42. The van der Waals surface area contributed by atoms with Gasteiger partial charge in [0.25, 0.3) is 0 Å². The van der Waals surface area contributed by atoms with Crippen molar-refractivity contribution in [1.82, 2.24) is 5.32 Å². The van der Waals surface area contributed by atoms with Crippen LogP contribution in [-0.4, -0.2) is 0 Å². The zero-order chi connectivity index (χ0) is 26.5. The van der Waals surface area contributed by atoms with Crippen molar-refractivity contribution in [3.8, 4) is 11.1 Å². The van der Waals surface area contributed by atoms with Crippen LogP contribution >= 0.6 is 0 Å². The monoisotopic (exact) mass is 509 g/mol. The number of dihydropyridines is 1. The molecule has 7 aromatic carbocycles. The Bertz CT molecular complexity index is 2080. The van der Waals surface area contributed by atoms with Crippen molar-refractivity contribution >= 4 is 48.7 Å². The van der Waals surface area contributed by atoms with Crippen molar-refractivity contribution in [2.24, 2.45) is 0 Å². The topological polar surface area (TPSA) is 12.0 Å². The number of hydrogen-bond donors (Lipinski definition) is 1. The molecule has 0 radical (unpaired) electrons. The summed E-state index contributed by atoms with van der Waals surface area (Å²) in [5.74, 6) is 0. The standard InChI is InChI=1S/C39H27N/c1-2-12-28-24-29(21-20-26(28)10-1)37-23-22-30(25-40-37)38-33-15-5-7-17-35(33)39(36-18-8-6-16-34(36)38)32-19-9-13-27-11-3-4-14-31(27)32/h1-25,37,40H. The molecule has 0 saturated carbocycles. The Kier molecular flexibility index (Phi) is 5.28. The van der Waals surface area contributed by atoms with Crippen molar-refractivity contribution in [3.05, 3.63) is 163 Å². The average molecular weight is 510 g/mol. The lowest BCUT2D eigenvalue weighted by Crippen LogP contribution is -2.16. The van der Waals surface area contributed by atoms with Crippen LogP contribution in [0, 0.1) is 0 Å².